The molecular formula is C8H7F3N2O. The number of hydrogen-bond donors (Lipinski definition) is 0. The van der Waals surface area contributed by atoms with Crippen LogP contribution in [0.15, 0.2) is 24.5 Å². The van der Waals surface area contributed by atoms with Crippen LogP contribution < -0.4 is 0 Å². The Balaban J connectivity index is 2.99. The second kappa shape index (κ2) is 3.28. The van der Waals surface area contributed by atoms with E-state index in [-0.39, 0.29) is 5.82 Å². The van der Waals surface area contributed by atoms with Gasteiger partial charge in [0, 0.05) is 19.4 Å². The molecule has 0 amide bonds. The van der Waals surface area contributed by atoms with Crippen LogP contribution in [0.3, 0.4) is 0 Å². The van der Waals surface area contributed by atoms with Crippen LogP contribution in [0, 0.1) is 0 Å². The summed E-state index contributed by atoms with van der Waals surface area (Å²) in [5.41, 5.74) is -1.41. The molecule has 1 heterocycles. The standard InChI is InChI=1S/C8H7F3N2O/c1-5(8(9,10)11)6(14)7-12-3-4-13(7)2/h3-4H,1H2,2H3. The normalized spacial score (nSPS) is 11.4. The van der Waals surface area contributed by atoms with Gasteiger partial charge in [-0.1, -0.05) is 6.58 Å². The highest BCUT2D eigenvalue weighted by atomic mass is 19.4. The second-order valence-corrected chi connectivity index (χ2v) is 2.67. The first-order valence-electron chi connectivity index (χ1n) is 3.62. The minimum Gasteiger partial charge on any atom is -0.331 e. The number of carbonyl (C=O) groups is 1. The molecule has 1 aromatic rings. The summed E-state index contributed by atoms with van der Waals surface area (Å²) in [4.78, 5) is 14.7. The van der Waals surface area contributed by atoms with Gasteiger partial charge in [-0.15, -0.1) is 0 Å². The van der Waals surface area contributed by atoms with E-state index in [4.69, 9.17) is 0 Å². The molecule has 0 aliphatic heterocycles. The first kappa shape index (κ1) is 10.5. The molecule has 0 saturated heterocycles. The molecule has 0 aromatic carbocycles. The number of rotatable bonds is 2. The molecule has 0 N–H and O–H groups in total. The molecule has 0 bridgehead atoms. The Labute approximate surface area is 77.9 Å². The fraction of sp³-hybridized carbons (Fsp3) is 0.250. The maximum absolute atomic E-state index is 12.1. The molecule has 0 saturated carbocycles. The van der Waals surface area contributed by atoms with Gasteiger partial charge in [-0.25, -0.2) is 4.98 Å². The Morgan fingerprint density at radius 3 is 2.50 bits per heavy atom. The molecule has 3 nitrogen and oxygen atoms in total. The number of allylic oxidation sites excluding steroid dienone is 1. The largest absolute Gasteiger partial charge is 0.419 e. The van der Waals surface area contributed by atoms with Crippen molar-refractivity contribution < 1.29 is 18.0 Å². The molecule has 76 valence electrons. The van der Waals surface area contributed by atoms with Gasteiger partial charge in [-0.05, 0) is 0 Å². The maximum atomic E-state index is 12.1. The SMILES string of the molecule is C=C(C(=O)c1nccn1C)C(F)(F)F. The van der Waals surface area contributed by atoms with Crippen molar-refractivity contribution in [3.63, 3.8) is 0 Å². The molecule has 0 aliphatic carbocycles. The summed E-state index contributed by atoms with van der Waals surface area (Å²) in [6.45, 7) is 2.70. The van der Waals surface area contributed by atoms with Crippen LogP contribution in [-0.2, 0) is 7.05 Å². The number of ketones is 1. The van der Waals surface area contributed by atoms with Gasteiger partial charge in [0.05, 0.1) is 5.57 Å². The average molecular weight is 204 g/mol. The third-order valence-corrected chi connectivity index (χ3v) is 1.64. The molecule has 1 rings (SSSR count). The van der Waals surface area contributed by atoms with E-state index in [0.29, 0.717) is 0 Å². The van der Waals surface area contributed by atoms with Crippen molar-refractivity contribution in [3.8, 4) is 0 Å². The summed E-state index contributed by atoms with van der Waals surface area (Å²) in [6.07, 6.45) is -2.07. The number of aryl methyl sites for hydroxylation is 1. The highest BCUT2D eigenvalue weighted by molar-refractivity contribution is 6.06. The number of Topliss-reactive ketones (excluding diaryl/α,β-unsaturated/α-hetero) is 1. The Bertz CT molecular complexity index is 378. The quantitative estimate of drug-likeness (QED) is 0.543. The molecule has 0 unspecified atom stereocenters. The summed E-state index contributed by atoms with van der Waals surface area (Å²) in [7, 11) is 1.43. The van der Waals surface area contributed by atoms with Crippen molar-refractivity contribution in [3.05, 3.63) is 30.4 Å². The smallest absolute Gasteiger partial charge is 0.331 e. The van der Waals surface area contributed by atoms with E-state index in [1.807, 2.05) is 0 Å². The molecule has 0 atom stereocenters. The van der Waals surface area contributed by atoms with Crippen LogP contribution in [0.1, 0.15) is 10.6 Å². The Hall–Kier alpha value is -1.59. The Morgan fingerprint density at radius 2 is 2.14 bits per heavy atom. The first-order valence-corrected chi connectivity index (χ1v) is 3.62. The summed E-state index contributed by atoms with van der Waals surface area (Å²) in [5.74, 6) is -1.47. The van der Waals surface area contributed by atoms with Crippen molar-refractivity contribution in [1.29, 1.82) is 0 Å². The number of imidazole rings is 1. The minimum absolute atomic E-state index is 0.271. The zero-order chi connectivity index (χ0) is 10.9. The fourth-order valence-corrected chi connectivity index (χ4v) is 0.848. The third-order valence-electron chi connectivity index (χ3n) is 1.64. The molecule has 14 heavy (non-hydrogen) atoms. The number of halogens is 3. The van der Waals surface area contributed by atoms with Crippen molar-refractivity contribution in [1.82, 2.24) is 9.55 Å². The minimum atomic E-state index is -4.71. The van der Waals surface area contributed by atoms with Crippen molar-refractivity contribution >= 4 is 5.78 Å². The number of nitrogens with zero attached hydrogens (tertiary/aromatic N) is 2. The first-order chi connectivity index (χ1) is 6.34. The molecule has 0 spiro atoms. The van der Waals surface area contributed by atoms with Gasteiger partial charge in [-0.3, -0.25) is 4.79 Å². The van der Waals surface area contributed by atoms with Crippen molar-refractivity contribution in [2.45, 2.75) is 6.18 Å². The van der Waals surface area contributed by atoms with E-state index in [1.54, 1.807) is 0 Å². The van der Waals surface area contributed by atoms with Crippen LogP contribution >= 0.6 is 0 Å². The molecule has 1 aromatic heterocycles. The molecule has 0 fully saturated rings. The van der Waals surface area contributed by atoms with E-state index in [1.165, 1.54) is 24.0 Å². The van der Waals surface area contributed by atoms with Gasteiger partial charge in [0.1, 0.15) is 0 Å². The fourth-order valence-electron chi connectivity index (χ4n) is 0.848. The third kappa shape index (κ3) is 1.84. The van der Waals surface area contributed by atoms with Crippen LogP contribution in [0.5, 0.6) is 0 Å². The van der Waals surface area contributed by atoms with Crippen LogP contribution in [-0.4, -0.2) is 21.5 Å². The lowest BCUT2D eigenvalue weighted by molar-refractivity contribution is -0.0884. The highest BCUT2D eigenvalue weighted by Gasteiger charge is 2.38. The van der Waals surface area contributed by atoms with Crippen molar-refractivity contribution in [2.75, 3.05) is 0 Å². The predicted octanol–water partition coefficient (Wildman–Crippen LogP) is 1.72. The van der Waals surface area contributed by atoms with Crippen molar-refractivity contribution in [2.24, 2.45) is 7.05 Å². The lowest BCUT2D eigenvalue weighted by Gasteiger charge is -2.07. The molecule has 6 heteroatoms. The monoisotopic (exact) mass is 204 g/mol. The van der Waals surface area contributed by atoms with E-state index in [9.17, 15) is 18.0 Å². The average Bonchev–Trinajstić information content (AvgIpc) is 2.47. The summed E-state index contributed by atoms with van der Waals surface area (Å²) >= 11 is 0. The second-order valence-electron chi connectivity index (χ2n) is 2.67. The Morgan fingerprint density at radius 1 is 1.57 bits per heavy atom. The predicted molar refractivity (Wildman–Crippen MR) is 42.7 cm³/mol. The molecule has 0 aliphatic rings. The van der Waals surface area contributed by atoms with Crippen LogP contribution in [0.25, 0.3) is 0 Å². The van der Waals surface area contributed by atoms with E-state index in [0.717, 1.165) is 0 Å². The summed E-state index contributed by atoms with van der Waals surface area (Å²) in [6, 6.07) is 0. The number of alkyl halides is 3. The van der Waals surface area contributed by atoms with Gasteiger partial charge in [0.25, 0.3) is 0 Å². The summed E-state index contributed by atoms with van der Waals surface area (Å²) < 4.78 is 37.4. The zero-order valence-corrected chi connectivity index (χ0v) is 7.30. The zero-order valence-electron chi connectivity index (χ0n) is 7.30. The number of aromatic nitrogens is 2. The van der Waals surface area contributed by atoms with E-state index in [2.05, 4.69) is 11.6 Å². The van der Waals surface area contributed by atoms with E-state index < -0.39 is 17.5 Å². The topological polar surface area (TPSA) is 34.9 Å². The van der Waals surface area contributed by atoms with Gasteiger partial charge in [0.15, 0.2) is 5.82 Å². The Kier molecular flexibility index (Phi) is 2.46. The van der Waals surface area contributed by atoms with Gasteiger partial charge >= 0.3 is 6.18 Å². The van der Waals surface area contributed by atoms with Gasteiger partial charge in [0.2, 0.25) is 5.78 Å². The van der Waals surface area contributed by atoms with Gasteiger partial charge < -0.3 is 4.57 Å². The van der Waals surface area contributed by atoms with Crippen LogP contribution in [0.2, 0.25) is 0 Å². The maximum Gasteiger partial charge on any atom is 0.419 e. The number of hydrogen-bond acceptors (Lipinski definition) is 2. The number of carbonyl (C=O) groups excluding carboxylic acids is 1. The van der Waals surface area contributed by atoms with Gasteiger partial charge in [-0.2, -0.15) is 13.2 Å². The van der Waals surface area contributed by atoms with Crippen LogP contribution in [0.4, 0.5) is 13.2 Å². The summed E-state index contributed by atoms with van der Waals surface area (Å²) in [5, 5.41) is 0. The van der Waals surface area contributed by atoms with E-state index >= 15 is 0 Å². The highest BCUT2D eigenvalue weighted by Crippen LogP contribution is 2.26. The molecular weight excluding hydrogens is 197 g/mol. The lowest BCUT2D eigenvalue weighted by atomic mass is 10.2. The molecule has 0 radical (unpaired) electrons. The lowest BCUT2D eigenvalue weighted by Crippen LogP contribution is -2.21.